The van der Waals surface area contributed by atoms with E-state index in [1.807, 2.05) is 0 Å². The molecule has 0 aliphatic heterocycles. The number of amidine groups is 1. The largest absolute Gasteiger partial charge is 0.382 e. The van der Waals surface area contributed by atoms with Gasteiger partial charge in [-0.15, -0.1) is 12.4 Å². The quantitative estimate of drug-likeness (QED) is 0.298. The molecule has 0 fully saturated rings. The minimum atomic E-state index is -0.417. The third kappa shape index (κ3) is 2.10. The summed E-state index contributed by atoms with van der Waals surface area (Å²) in [6, 6.07) is 6.05. The van der Waals surface area contributed by atoms with Crippen LogP contribution in [0.5, 0.6) is 0 Å². The Hall–Kier alpha value is -1.29. The highest BCUT2D eigenvalue weighted by Crippen LogP contribution is 2.04. The van der Waals surface area contributed by atoms with Crippen LogP contribution in [0.3, 0.4) is 0 Å². The Morgan fingerprint density at radius 2 is 1.92 bits per heavy atom. The van der Waals surface area contributed by atoms with Crippen molar-refractivity contribution in [1.29, 1.82) is 0 Å². The van der Waals surface area contributed by atoms with Gasteiger partial charge in [-0.25, -0.2) is 4.39 Å². The predicted molar refractivity (Wildman–Crippen MR) is 48.6 cm³/mol. The molecule has 0 amide bonds. The average molecular weight is 190 g/mol. The molecule has 0 saturated heterocycles. The molecule has 0 bridgehead atoms. The summed E-state index contributed by atoms with van der Waals surface area (Å²) in [7, 11) is 0. The van der Waals surface area contributed by atoms with Gasteiger partial charge < -0.3 is 11.6 Å². The minimum absolute atomic E-state index is 0. The number of nitrogens with zero attached hydrogens (tertiary/aromatic N) is 1. The molecule has 0 aliphatic carbocycles. The molecule has 0 aromatic heterocycles. The molecule has 66 valence electrons. The first-order valence-corrected chi connectivity index (χ1v) is 3.04. The number of hydrogen-bond donors (Lipinski definition) is 2. The zero-order valence-electron chi connectivity index (χ0n) is 6.20. The van der Waals surface area contributed by atoms with Gasteiger partial charge in [-0.3, -0.25) is 0 Å². The molecule has 0 heterocycles. The van der Waals surface area contributed by atoms with Gasteiger partial charge in [-0.1, -0.05) is 12.1 Å². The molecule has 0 spiro atoms. The number of halogens is 2. The zero-order valence-corrected chi connectivity index (χ0v) is 7.01. The number of hydrazone groups is 1. The molecule has 1 aromatic carbocycles. The molecular formula is C7H9ClFN3. The van der Waals surface area contributed by atoms with E-state index >= 15 is 0 Å². The highest BCUT2D eigenvalue weighted by molar-refractivity contribution is 5.97. The maximum atomic E-state index is 12.8. The van der Waals surface area contributed by atoms with E-state index in [0.717, 1.165) is 0 Å². The molecule has 0 atom stereocenters. The summed E-state index contributed by atoms with van der Waals surface area (Å²) in [6.07, 6.45) is 0. The van der Waals surface area contributed by atoms with E-state index in [1.54, 1.807) is 12.1 Å². The van der Waals surface area contributed by atoms with Crippen LogP contribution in [0.15, 0.2) is 29.4 Å². The topological polar surface area (TPSA) is 64.4 Å². The average Bonchev–Trinajstić information content (AvgIpc) is 2.04. The molecule has 0 aliphatic rings. The van der Waals surface area contributed by atoms with Crippen LogP contribution < -0.4 is 11.6 Å². The molecule has 1 rings (SSSR count). The Morgan fingerprint density at radius 1 is 1.33 bits per heavy atom. The van der Waals surface area contributed by atoms with E-state index in [4.69, 9.17) is 11.6 Å². The van der Waals surface area contributed by atoms with Crippen LogP contribution in [0.4, 0.5) is 4.39 Å². The van der Waals surface area contributed by atoms with E-state index in [2.05, 4.69) is 5.10 Å². The second kappa shape index (κ2) is 4.56. The first-order valence-electron chi connectivity index (χ1n) is 3.04. The number of nitrogens with two attached hydrogens (primary N) is 2. The van der Waals surface area contributed by atoms with E-state index in [1.165, 1.54) is 12.1 Å². The fourth-order valence-electron chi connectivity index (χ4n) is 0.738. The first kappa shape index (κ1) is 10.7. The fourth-order valence-corrected chi connectivity index (χ4v) is 0.738. The molecule has 4 N–H and O–H groups in total. The van der Waals surface area contributed by atoms with Crippen molar-refractivity contribution in [2.24, 2.45) is 16.7 Å². The monoisotopic (exact) mass is 189 g/mol. The van der Waals surface area contributed by atoms with Crippen LogP contribution in [0, 0.1) is 5.82 Å². The highest BCUT2D eigenvalue weighted by atomic mass is 35.5. The van der Waals surface area contributed by atoms with Crippen molar-refractivity contribution >= 4 is 18.2 Å². The van der Waals surface area contributed by atoms with Crippen LogP contribution in [0.25, 0.3) is 0 Å². The molecule has 0 radical (unpaired) electrons. The molecule has 5 heteroatoms. The van der Waals surface area contributed by atoms with Crippen molar-refractivity contribution in [1.82, 2.24) is 0 Å². The summed E-state index contributed by atoms with van der Waals surface area (Å²) in [5.74, 6) is 4.45. The Bertz CT molecular complexity index is 288. The van der Waals surface area contributed by atoms with Gasteiger partial charge in [-0.05, 0) is 12.1 Å². The van der Waals surface area contributed by atoms with Crippen molar-refractivity contribution in [3.05, 3.63) is 35.6 Å². The van der Waals surface area contributed by atoms with E-state index < -0.39 is 5.82 Å². The first-order chi connectivity index (χ1) is 5.25. The van der Waals surface area contributed by atoms with Gasteiger partial charge in [0.05, 0.1) is 5.56 Å². The van der Waals surface area contributed by atoms with Crippen LogP contribution >= 0.6 is 12.4 Å². The normalized spacial score (nSPS) is 10.6. The van der Waals surface area contributed by atoms with Crippen LogP contribution in [0.1, 0.15) is 5.56 Å². The second-order valence-electron chi connectivity index (χ2n) is 1.99. The van der Waals surface area contributed by atoms with Crippen LogP contribution in [0.2, 0.25) is 0 Å². The summed E-state index contributed by atoms with van der Waals surface area (Å²) < 4.78 is 12.8. The van der Waals surface area contributed by atoms with Crippen molar-refractivity contribution in [2.45, 2.75) is 0 Å². The van der Waals surface area contributed by atoms with Gasteiger partial charge in [-0.2, -0.15) is 5.10 Å². The number of rotatable bonds is 1. The lowest BCUT2D eigenvalue weighted by Gasteiger charge is -1.98. The number of benzene rings is 1. The highest BCUT2D eigenvalue weighted by Gasteiger charge is 2.02. The van der Waals surface area contributed by atoms with Gasteiger partial charge in [0, 0.05) is 0 Å². The zero-order chi connectivity index (χ0) is 8.27. The van der Waals surface area contributed by atoms with E-state index in [0.29, 0.717) is 0 Å². The van der Waals surface area contributed by atoms with Crippen molar-refractivity contribution < 1.29 is 4.39 Å². The van der Waals surface area contributed by atoms with Crippen molar-refractivity contribution in [3.63, 3.8) is 0 Å². The van der Waals surface area contributed by atoms with Gasteiger partial charge in [0.2, 0.25) is 0 Å². The SMILES string of the molecule is Cl.NN=C(N)c1ccccc1F. The summed E-state index contributed by atoms with van der Waals surface area (Å²) >= 11 is 0. The summed E-state index contributed by atoms with van der Waals surface area (Å²) in [6.45, 7) is 0. The molecule has 0 unspecified atom stereocenters. The maximum absolute atomic E-state index is 12.8. The van der Waals surface area contributed by atoms with Crippen molar-refractivity contribution in [3.8, 4) is 0 Å². The van der Waals surface area contributed by atoms with Gasteiger partial charge in [0.1, 0.15) is 5.82 Å². The lowest BCUT2D eigenvalue weighted by Crippen LogP contribution is -2.16. The molecule has 12 heavy (non-hydrogen) atoms. The summed E-state index contributed by atoms with van der Waals surface area (Å²) in [5, 5.41) is 3.17. The fraction of sp³-hybridized carbons (Fsp3) is 0. The van der Waals surface area contributed by atoms with Gasteiger partial charge >= 0.3 is 0 Å². The summed E-state index contributed by atoms with van der Waals surface area (Å²) in [4.78, 5) is 0. The third-order valence-corrected chi connectivity index (χ3v) is 1.29. The lowest BCUT2D eigenvalue weighted by atomic mass is 10.2. The third-order valence-electron chi connectivity index (χ3n) is 1.29. The molecule has 3 nitrogen and oxygen atoms in total. The maximum Gasteiger partial charge on any atom is 0.153 e. The Balaban J connectivity index is 0.00000121. The Kier molecular flexibility index (Phi) is 4.07. The van der Waals surface area contributed by atoms with Gasteiger partial charge in [0.15, 0.2) is 5.84 Å². The number of hydrogen-bond acceptors (Lipinski definition) is 2. The second-order valence-corrected chi connectivity index (χ2v) is 1.99. The predicted octanol–water partition coefficient (Wildman–Crippen LogP) is 0.827. The summed E-state index contributed by atoms with van der Waals surface area (Å²) in [5.41, 5.74) is 5.51. The Morgan fingerprint density at radius 3 is 2.42 bits per heavy atom. The lowest BCUT2D eigenvalue weighted by molar-refractivity contribution is 0.625. The van der Waals surface area contributed by atoms with Crippen molar-refractivity contribution in [2.75, 3.05) is 0 Å². The molecule has 1 aromatic rings. The smallest absolute Gasteiger partial charge is 0.153 e. The van der Waals surface area contributed by atoms with Crippen LogP contribution in [-0.2, 0) is 0 Å². The minimum Gasteiger partial charge on any atom is -0.382 e. The van der Waals surface area contributed by atoms with E-state index in [-0.39, 0.29) is 23.8 Å². The van der Waals surface area contributed by atoms with Crippen LogP contribution in [-0.4, -0.2) is 5.84 Å². The molecule has 0 saturated carbocycles. The standard InChI is InChI=1S/C7H8FN3.ClH/c8-6-4-2-1-3-5(6)7(9)11-10;/h1-4H,10H2,(H2,9,11);1H. The Labute approximate surface area is 75.7 Å². The molecular weight excluding hydrogens is 181 g/mol. The van der Waals surface area contributed by atoms with E-state index in [9.17, 15) is 4.39 Å². The van der Waals surface area contributed by atoms with Gasteiger partial charge in [0.25, 0.3) is 0 Å².